The first-order valence-corrected chi connectivity index (χ1v) is 8.83. The van der Waals surface area contributed by atoms with Crippen LogP contribution in [0.1, 0.15) is 16.0 Å². The summed E-state index contributed by atoms with van der Waals surface area (Å²) in [5, 5.41) is 12.2. The maximum absolute atomic E-state index is 12.3. The number of phenols is 1. The molecule has 0 amide bonds. The topological polar surface area (TPSA) is 58.9 Å². The fourth-order valence-corrected chi connectivity index (χ4v) is 3.07. The van der Waals surface area contributed by atoms with E-state index in [0.29, 0.717) is 11.3 Å². The van der Waals surface area contributed by atoms with Gasteiger partial charge >= 0.3 is 5.97 Å². The maximum Gasteiger partial charge on any atom is 0.356 e. The molecule has 0 aliphatic rings. The van der Waals surface area contributed by atoms with E-state index in [9.17, 15) is 9.90 Å². The number of methoxy groups -OCH3 is 1. The van der Waals surface area contributed by atoms with Crippen LogP contribution in [-0.2, 0) is 9.53 Å². The summed E-state index contributed by atoms with van der Waals surface area (Å²) in [6, 6.07) is 20.1. The highest BCUT2D eigenvalue weighted by molar-refractivity contribution is 7.10. The smallest absolute Gasteiger partial charge is 0.356 e. The molecule has 0 bridgehead atoms. The lowest BCUT2D eigenvalue weighted by Crippen LogP contribution is -2.09. The number of carbonyl (C=O) groups excluding carboxylic acids is 1. The number of benzene rings is 2. The Hall–Kier alpha value is -3.18. The molecular weight excluding hydrogens is 346 g/mol. The first-order chi connectivity index (χ1) is 12.7. The predicted octanol–water partition coefficient (Wildman–Crippen LogP) is 4.51. The summed E-state index contributed by atoms with van der Waals surface area (Å²) in [6.45, 7) is 0. The molecule has 26 heavy (non-hydrogen) atoms. The van der Waals surface area contributed by atoms with Crippen LogP contribution in [0.2, 0.25) is 0 Å². The molecule has 1 heterocycles. The maximum atomic E-state index is 12.3. The third kappa shape index (κ3) is 4.07. The van der Waals surface area contributed by atoms with Crippen molar-refractivity contribution >= 4 is 29.1 Å². The molecule has 1 N–H and O–H groups in total. The van der Waals surface area contributed by atoms with Gasteiger partial charge in [-0.05, 0) is 29.7 Å². The van der Waals surface area contributed by atoms with Gasteiger partial charge in [-0.2, -0.15) is 0 Å². The molecule has 0 spiro atoms. The zero-order valence-electron chi connectivity index (χ0n) is 14.1. The number of carbonyl (C=O) groups is 1. The molecule has 130 valence electrons. The Balaban J connectivity index is 2.19. The number of hydrogen-bond acceptors (Lipinski definition) is 5. The molecule has 0 radical (unpaired) electrons. The summed E-state index contributed by atoms with van der Waals surface area (Å²) in [4.78, 5) is 17.7. The summed E-state index contributed by atoms with van der Waals surface area (Å²) >= 11 is 1.50. The largest absolute Gasteiger partial charge is 0.507 e. The molecule has 4 nitrogen and oxygen atoms in total. The second kappa shape index (κ2) is 8.27. The molecule has 5 heteroatoms. The van der Waals surface area contributed by atoms with Gasteiger partial charge in [0.15, 0.2) is 0 Å². The van der Waals surface area contributed by atoms with Gasteiger partial charge in [-0.15, -0.1) is 11.3 Å². The van der Waals surface area contributed by atoms with Gasteiger partial charge in [0.05, 0.1) is 12.8 Å². The van der Waals surface area contributed by atoms with Crippen molar-refractivity contribution in [1.82, 2.24) is 0 Å². The number of hydrogen-bond donors (Lipinski definition) is 1. The second-order valence-electron chi connectivity index (χ2n) is 5.38. The number of thiophene rings is 1. The van der Waals surface area contributed by atoms with E-state index in [1.54, 1.807) is 24.3 Å². The monoisotopic (exact) mass is 363 g/mol. The van der Waals surface area contributed by atoms with Gasteiger partial charge in [-0.25, -0.2) is 9.79 Å². The molecule has 0 saturated heterocycles. The molecule has 0 fully saturated rings. The molecule has 0 atom stereocenters. The number of aliphatic imine (C=N–C) groups is 1. The van der Waals surface area contributed by atoms with Gasteiger partial charge in [0, 0.05) is 16.0 Å². The Bertz CT molecular complexity index is 944. The van der Waals surface area contributed by atoms with Crippen LogP contribution in [0.15, 0.2) is 82.8 Å². The average Bonchev–Trinajstić information content (AvgIpc) is 3.19. The lowest BCUT2D eigenvalue weighted by molar-refractivity contribution is -0.136. The van der Waals surface area contributed by atoms with Crippen molar-refractivity contribution in [2.24, 2.45) is 4.99 Å². The average molecular weight is 363 g/mol. The highest BCUT2D eigenvalue weighted by Gasteiger charge is 2.16. The number of phenolic OH excluding ortho intramolecular Hbond substituents is 1. The quantitative estimate of drug-likeness (QED) is 0.412. The molecular formula is C21H17NO3S. The standard InChI is InChI=1S/C21H17NO3S/c1-25-21(24)18(14-16-10-7-13-26-16)22-20(15-8-3-2-4-9-15)17-11-5-6-12-19(17)23/h2-14,23H,1H3/b18-14-,22-20?. The van der Waals surface area contributed by atoms with Crippen molar-refractivity contribution in [3.8, 4) is 5.75 Å². The predicted molar refractivity (Wildman–Crippen MR) is 104 cm³/mol. The number of aromatic hydroxyl groups is 1. The van der Waals surface area contributed by atoms with Crippen LogP contribution < -0.4 is 0 Å². The summed E-state index contributed by atoms with van der Waals surface area (Å²) in [7, 11) is 1.32. The van der Waals surface area contributed by atoms with Crippen LogP contribution in [-0.4, -0.2) is 23.9 Å². The lowest BCUT2D eigenvalue weighted by Gasteiger charge is -2.10. The normalized spacial score (nSPS) is 12.0. The van der Waals surface area contributed by atoms with E-state index in [1.165, 1.54) is 18.4 Å². The minimum Gasteiger partial charge on any atom is -0.507 e. The number of para-hydroxylation sites is 1. The molecule has 0 saturated carbocycles. The van der Waals surface area contributed by atoms with Crippen molar-refractivity contribution in [1.29, 1.82) is 0 Å². The van der Waals surface area contributed by atoms with Crippen LogP contribution in [0.4, 0.5) is 0 Å². The van der Waals surface area contributed by atoms with E-state index in [0.717, 1.165) is 10.4 Å². The summed E-state index contributed by atoms with van der Waals surface area (Å²) in [6.07, 6.45) is 1.68. The van der Waals surface area contributed by atoms with Gasteiger partial charge < -0.3 is 9.84 Å². The Morgan fingerprint density at radius 2 is 1.77 bits per heavy atom. The van der Waals surface area contributed by atoms with Crippen LogP contribution in [0.25, 0.3) is 6.08 Å². The van der Waals surface area contributed by atoms with E-state index in [-0.39, 0.29) is 11.4 Å². The van der Waals surface area contributed by atoms with E-state index in [1.807, 2.05) is 53.9 Å². The second-order valence-corrected chi connectivity index (χ2v) is 6.36. The molecule has 2 aromatic carbocycles. The van der Waals surface area contributed by atoms with E-state index >= 15 is 0 Å². The highest BCUT2D eigenvalue weighted by atomic mass is 32.1. The molecule has 1 aromatic heterocycles. The molecule has 3 aromatic rings. The summed E-state index contributed by atoms with van der Waals surface area (Å²) < 4.78 is 4.89. The van der Waals surface area contributed by atoms with E-state index < -0.39 is 5.97 Å². The fourth-order valence-electron chi connectivity index (χ4n) is 2.42. The molecule has 0 unspecified atom stereocenters. The van der Waals surface area contributed by atoms with Crippen LogP contribution in [0, 0.1) is 0 Å². The Morgan fingerprint density at radius 1 is 1.04 bits per heavy atom. The van der Waals surface area contributed by atoms with Crippen molar-refractivity contribution < 1.29 is 14.6 Å². The number of nitrogens with zero attached hydrogens (tertiary/aromatic N) is 1. The third-order valence-corrected chi connectivity index (χ3v) is 4.47. The van der Waals surface area contributed by atoms with E-state index in [2.05, 4.69) is 4.99 Å². The number of ether oxygens (including phenoxy) is 1. The Morgan fingerprint density at radius 3 is 2.42 bits per heavy atom. The Kier molecular flexibility index (Phi) is 5.61. The number of rotatable bonds is 5. The minimum atomic E-state index is -0.540. The summed E-state index contributed by atoms with van der Waals surface area (Å²) in [5.41, 5.74) is 1.99. The van der Waals surface area contributed by atoms with Gasteiger partial charge in [0.2, 0.25) is 0 Å². The lowest BCUT2D eigenvalue weighted by atomic mass is 10.0. The van der Waals surface area contributed by atoms with Gasteiger partial charge in [-0.3, -0.25) is 0 Å². The van der Waals surface area contributed by atoms with Crippen LogP contribution >= 0.6 is 11.3 Å². The van der Waals surface area contributed by atoms with Crippen molar-refractivity contribution in [3.05, 3.63) is 93.8 Å². The third-order valence-electron chi connectivity index (χ3n) is 3.66. The van der Waals surface area contributed by atoms with Crippen LogP contribution in [0.3, 0.4) is 0 Å². The van der Waals surface area contributed by atoms with Gasteiger partial charge in [-0.1, -0.05) is 48.5 Å². The van der Waals surface area contributed by atoms with Gasteiger partial charge in [0.1, 0.15) is 11.4 Å². The molecule has 3 rings (SSSR count). The Labute approximate surface area is 155 Å². The van der Waals surface area contributed by atoms with Crippen molar-refractivity contribution in [2.45, 2.75) is 0 Å². The van der Waals surface area contributed by atoms with E-state index in [4.69, 9.17) is 4.74 Å². The molecule has 0 aliphatic heterocycles. The van der Waals surface area contributed by atoms with Crippen molar-refractivity contribution in [3.63, 3.8) is 0 Å². The first-order valence-electron chi connectivity index (χ1n) is 7.95. The van der Waals surface area contributed by atoms with Crippen molar-refractivity contribution in [2.75, 3.05) is 7.11 Å². The van der Waals surface area contributed by atoms with Crippen LogP contribution in [0.5, 0.6) is 5.75 Å². The molecule has 0 aliphatic carbocycles. The first kappa shape index (κ1) is 17.6. The fraction of sp³-hybridized carbons (Fsp3) is 0.0476. The minimum absolute atomic E-state index is 0.0930. The SMILES string of the molecule is COC(=O)/C(=C/c1cccs1)N=C(c1ccccc1)c1ccccc1O. The van der Waals surface area contributed by atoms with Gasteiger partial charge in [0.25, 0.3) is 0 Å². The zero-order chi connectivity index (χ0) is 18.4. The number of esters is 1. The highest BCUT2D eigenvalue weighted by Crippen LogP contribution is 2.23. The summed E-state index contributed by atoms with van der Waals surface area (Å²) in [5.74, 6) is -0.447. The zero-order valence-corrected chi connectivity index (χ0v) is 14.9.